The van der Waals surface area contributed by atoms with Crippen molar-refractivity contribution < 1.29 is 9.47 Å². The van der Waals surface area contributed by atoms with Gasteiger partial charge in [0.2, 0.25) is 5.16 Å². The lowest BCUT2D eigenvalue weighted by Gasteiger charge is -2.16. The van der Waals surface area contributed by atoms with Gasteiger partial charge in [0.25, 0.3) is 0 Å². The Balaban J connectivity index is 1.86. The second-order valence-corrected chi connectivity index (χ2v) is 6.86. The lowest BCUT2D eigenvalue weighted by molar-refractivity contribution is 0.230. The Morgan fingerprint density at radius 1 is 1.38 bits per heavy atom. The predicted molar refractivity (Wildman–Crippen MR) is 95.0 cm³/mol. The van der Waals surface area contributed by atoms with Crippen LogP contribution in [0.2, 0.25) is 5.02 Å². The van der Waals surface area contributed by atoms with E-state index in [1.54, 1.807) is 23.6 Å². The average molecular weight is 372 g/mol. The normalized spacial score (nSPS) is 11.1. The SMILES string of the molecule is COc1cc(CNCCSc2nnnn2C)cc(Cl)c1OC(C)C. The van der Waals surface area contributed by atoms with Gasteiger partial charge in [-0.2, -0.15) is 0 Å². The van der Waals surface area contributed by atoms with Gasteiger partial charge < -0.3 is 14.8 Å². The molecule has 0 spiro atoms. The van der Waals surface area contributed by atoms with Gasteiger partial charge in [-0.05, 0) is 42.0 Å². The van der Waals surface area contributed by atoms with Crippen LogP contribution >= 0.6 is 23.4 Å². The molecule has 1 aromatic heterocycles. The van der Waals surface area contributed by atoms with Crippen molar-refractivity contribution in [2.45, 2.75) is 31.7 Å². The lowest BCUT2D eigenvalue weighted by atomic mass is 10.2. The minimum atomic E-state index is 0.0347. The van der Waals surface area contributed by atoms with Crippen molar-refractivity contribution in [1.82, 2.24) is 25.5 Å². The number of tetrazole rings is 1. The zero-order valence-electron chi connectivity index (χ0n) is 14.2. The van der Waals surface area contributed by atoms with E-state index in [-0.39, 0.29) is 6.10 Å². The van der Waals surface area contributed by atoms with Crippen molar-refractivity contribution in [3.05, 3.63) is 22.7 Å². The fourth-order valence-corrected chi connectivity index (χ4v) is 3.04. The van der Waals surface area contributed by atoms with Crippen molar-refractivity contribution in [2.75, 3.05) is 19.4 Å². The molecular formula is C15H22ClN5O2S. The molecule has 0 aliphatic heterocycles. The molecule has 24 heavy (non-hydrogen) atoms. The molecule has 2 rings (SSSR count). The average Bonchev–Trinajstić information content (AvgIpc) is 2.94. The highest BCUT2D eigenvalue weighted by molar-refractivity contribution is 7.99. The van der Waals surface area contributed by atoms with Gasteiger partial charge in [0.05, 0.1) is 18.2 Å². The molecule has 0 unspecified atom stereocenters. The summed E-state index contributed by atoms with van der Waals surface area (Å²) in [6.45, 7) is 5.42. The molecule has 0 saturated heterocycles. The first-order valence-corrected chi connectivity index (χ1v) is 8.96. The summed E-state index contributed by atoms with van der Waals surface area (Å²) in [5.41, 5.74) is 1.04. The molecule has 1 aromatic carbocycles. The number of methoxy groups -OCH3 is 1. The van der Waals surface area contributed by atoms with Gasteiger partial charge in [-0.25, -0.2) is 4.68 Å². The van der Waals surface area contributed by atoms with E-state index in [1.165, 1.54) is 0 Å². The van der Waals surface area contributed by atoms with Crippen LogP contribution in [0.1, 0.15) is 19.4 Å². The second-order valence-electron chi connectivity index (χ2n) is 5.39. The molecule has 2 aromatic rings. The predicted octanol–water partition coefficient (Wildman–Crippen LogP) is 2.54. The summed E-state index contributed by atoms with van der Waals surface area (Å²) in [7, 11) is 3.44. The summed E-state index contributed by atoms with van der Waals surface area (Å²) in [5.74, 6) is 2.10. The smallest absolute Gasteiger partial charge is 0.209 e. The van der Waals surface area contributed by atoms with Gasteiger partial charge in [0.15, 0.2) is 11.5 Å². The monoisotopic (exact) mass is 371 g/mol. The van der Waals surface area contributed by atoms with Crippen molar-refractivity contribution >= 4 is 23.4 Å². The third kappa shape index (κ3) is 5.25. The number of nitrogens with zero attached hydrogens (tertiary/aromatic N) is 4. The van der Waals surface area contributed by atoms with Crippen LogP contribution in [0.25, 0.3) is 0 Å². The Labute approximate surface area is 151 Å². The van der Waals surface area contributed by atoms with Gasteiger partial charge in [-0.15, -0.1) is 5.10 Å². The Morgan fingerprint density at radius 2 is 2.17 bits per heavy atom. The molecular weight excluding hydrogens is 350 g/mol. The topological polar surface area (TPSA) is 74.1 Å². The van der Waals surface area contributed by atoms with E-state index in [0.29, 0.717) is 23.1 Å². The van der Waals surface area contributed by atoms with Gasteiger partial charge >= 0.3 is 0 Å². The molecule has 0 amide bonds. The number of benzene rings is 1. The summed E-state index contributed by atoms with van der Waals surface area (Å²) in [6.07, 6.45) is 0.0347. The molecule has 7 nitrogen and oxygen atoms in total. The van der Waals surface area contributed by atoms with Crippen molar-refractivity contribution in [2.24, 2.45) is 7.05 Å². The summed E-state index contributed by atoms with van der Waals surface area (Å²) >= 11 is 7.92. The van der Waals surface area contributed by atoms with Crippen LogP contribution < -0.4 is 14.8 Å². The Hall–Kier alpha value is -1.51. The zero-order valence-corrected chi connectivity index (χ0v) is 15.8. The van der Waals surface area contributed by atoms with Gasteiger partial charge in [-0.3, -0.25) is 0 Å². The van der Waals surface area contributed by atoms with Gasteiger partial charge in [0.1, 0.15) is 0 Å². The number of hydrogen-bond acceptors (Lipinski definition) is 7. The van der Waals surface area contributed by atoms with Crippen LogP contribution in [-0.4, -0.2) is 45.7 Å². The fourth-order valence-electron chi connectivity index (χ4n) is 2.02. The highest BCUT2D eigenvalue weighted by Crippen LogP contribution is 2.37. The minimum absolute atomic E-state index is 0.0347. The first kappa shape index (κ1) is 18.8. The number of halogens is 1. The van der Waals surface area contributed by atoms with Crippen LogP contribution in [0.3, 0.4) is 0 Å². The molecule has 1 N–H and O–H groups in total. The van der Waals surface area contributed by atoms with Crippen LogP contribution in [-0.2, 0) is 13.6 Å². The number of aryl methyl sites for hydroxylation is 1. The maximum atomic E-state index is 6.32. The maximum absolute atomic E-state index is 6.32. The maximum Gasteiger partial charge on any atom is 0.209 e. The molecule has 1 heterocycles. The van der Waals surface area contributed by atoms with Crippen LogP contribution in [0.4, 0.5) is 0 Å². The van der Waals surface area contributed by atoms with Crippen molar-refractivity contribution in [1.29, 1.82) is 0 Å². The molecule has 0 aliphatic carbocycles. The number of thioether (sulfide) groups is 1. The second kappa shape index (κ2) is 9.10. The highest BCUT2D eigenvalue weighted by Gasteiger charge is 2.13. The molecule has 0 saturated carbocycles. The van der Waals surface area contributed by atoms with Gasteiger partial charge in [-0.1, -0.05) is 23.4 Å². The molecule has 0 fully saturated rings. The first-order chi connectivity index (χ1) is 11.5. The molecule has 0 aliphatic rings. The van der Waals surface area contributed by atoms with E-state index in [1.807, 2.05) is 33.0 Å². The fraction of sp³-hybridized carbons (Fsp3) is 0.533. The summed E-state index contributed by atoms with van der Waals surface area (Å²) in [4.78, 5) is 0. The zero-order chi connectivity index (χ0) is 17.5. The van der Waals surface area contributed by atoms with Crippen LogP contribution in [0, 0.1) is 0 Å². The Kier molecular flexibility index (Phi) is 7.14. The number of ether oxygens (including phenoxy) is 2. The molecule has 0 atom stereocenters. The summed E-state index contributed by atoms with van der Waals surface area (Å²) < 4.78 is 12.8. The van der Waals surface area contributed by atoms with Crippen molar-refractivity contribution in [3.63, 3.8) is 0 Å². The Bertz CT molecular complexity index is 665. The van der Waals surface area contributed by atoms with Gasteiger partial charge in [0, 0.05) is 25.9 Å². The standard InChI is InChI=1S/C15H22ClN5O2S/c1-10(2)23-14-12(16)7-11(8-13(14)22-4)9-17-5-6-24-15-18-19-20-21(15)3/h7-8,10,17H,5-6,9H2,1-4H3. The number of rotatable bonds is 9. The molecule has 0 bridgehead atoms. The van der Waals surface area contributed by atoms with E-state index < -0.39 is 0 Å². The molecule has 9 heteroatoms. The molecule has 0 radical (unpaired) electrons. The third-order valence-corrected chi connectivity index (χ3v) is 4.36. The summed E-state index contributed by atoms with van der Waals surface area (Å²) in [5, 5.41) is 16.1. The number of hydrogen-bond donors (Lipinski definition) is 1. The van der Waals surface area contributed by atoms with E-state index in [4.69, 9.17) is 21.1 Å². The van der Waals surface area contributed by atoms with E-state index in [2.05, 4.69) is 20.8 Å². The van der Waals surface area contributed by atoms with Crippen LogP contribution in [0.5, 0.6) is 11.5 Å². The molecule has 132 valence electrons. The highest BCUT2D eigenvalue weighted by atomic mass is 35.5. The number of aromatic nitrogens is 4. The number of nitrogens with one attached hydrogen (secondary N) is 1. The van der Waals surface area contributed by atoms with E-state index in [9.17, 15) is 0 Å². The summed E-state index contributed by atoms with van der Waals surface area (Å²) in [6, 6.07) is 3.84. The quantitative estimate of drug-likeness (QED) is 0.536. The van der Waals surface area contributed by atoms with Crippen molar-refractivity contribution in [3.8, 4) is 11.5 Å². The Morgan fingerprint density at radius 3 is 2.79 bits per heavy atom. The van der Waals surface area contributed by atoms with E-state index >= 15 is 0 Å². The third-order valence-electron chi connectivity index (χ3n) is 3.06. The lowest BCUT2D eigenvalue weighted by Crippen LogP contribution is -2.17. The largest absolute Gasteiger partial charge is 0.493 e. The first-order valence-electron chi connectivity index (χ1n) is 7.60. The minimum Gasteiger partial charge on any atom is -0.493 e. The van der Waals surface area contributed by atoms with Crippen LogP contribution in [0.15, 0.2) is 17.3 Å². The van der Waals surface area contributed by atoms with E-state index in [0.717, 1.165) is 23.0 Å².